The van der Waals surface area contributed by atoms with E-state index in [1.165, 1.54) is 0 Å². The number of thiophene rings is 1. The van der Waals surface area contributed by atoms with Gasteiger partial charge < -0.3 is 5.11 Å². The summed E-state index contributed by atoms with van der Waals surface area (Å²) in [6.07, 6.45) is 0.600. The molecule has 0 aliphatic rings. The molecule has 1 unspecified atom stereocenters. The molecule has 4 heteroatoms. The molecule has 0 saturated carbocycles. The number of hydrogen-bond acceptors (Lipinski definition) is 3. The Kier molecular flexibility index (Phi) is 3.59. The van der Waals surface area contributed by atoms with Crippen LogP contribution in [-0.4, -0.2) is 14.9 Å². The lowest BCUT2D eigenvalue weighted by Crippen LogP contribution is -2.25. The maximum Gasteiger partial charge on any atom is 0.102 e. The Morgan fingerprint density at radius 3 is 2.72 bits per heavy atom. The smallest absolute Gasteiger partial charge is 0.102 e. The van der Waals surface area contributed by atoms with E-state index in [2.05, 4.69) is 24.2 Å². The third-order valence-corrected chi connectivity index (χ3v) is 4.43. The zero-order chi connectivity index (χ0) is 13.3. The average Bonchev–Trinajstić information content (AvgIpc) is 2.84. The van der Waals surface area contributed by atoms with Crippen LogP contribution in [0, 0.1) is 13.8 Å². The molecule has 0 aliphatic heterocycles. The summed E-state index contributed by atoms with van der Waals surface area (Å²) in [5, 5.41) is 17.2. The van der Waals surface area contributed by atoms with E-state index in [1.807, 2.05) is 30.8 Å². The molecule has 2 aromatic rings. The van der Waals surface area contributed by atoms with Gasteiger partial charge in [-0.25, -0.2) is 0 Å². The van der Waals surface area contributed by atoms with Crippen LogP contribution in [0.15, 0.2) is 17.5 Å². The summed E-state index contributed by atoms with van der Waals surface area (Å²) in [4.78, 5) is 1.05. The highest BCUT2D eigenvalue weighted by Gasteiger charge is 2.28. The molecular weight excluding hydrogens is 244 g/mol. The Bertz CT molecular complexity index is 540. The van der Waals surface area contributed by atoms with E-state index in [9.17, 15) is 5.11 Å². The molecule has 2 heterocycles. The fraction of sp³-hybridized carbons (Fsp3) is 0.500. The van der Waals surface area contributed by atoms with Crippen molar-refractivity contribution >= 4 is 11.3 Å². The van der Waals surface area contributed by atoms with E-state index in [0.717, 1.165) is 28.4 Å². The minimum atomic E-state index is -0.822. The molecule has 2 rings (SSSR count). The summed E-state index contributed by atoms with van der Waals surface area (Å²) >= 11 is 1.62. The maximum atomic E-state index is 10.7. The number of aryl methyl sites for hydroxylation is 3. The largest absolute Gasteiger partial charge is 0.384 e. The van der Waals surface area contributed by atoms with Crippen LogP contribution in [0.1, 0.15) is 35.7 Å². The molecule has 18 heavy (non-hydrogen) atoms. The number of aromatic nitrogens is 2. The van der Waals surface area contributed by atoms with Crippen LogP contribution in [0.4, 0.5) is 0 Å². The van der Waals surface area contributed by atoms with Gasteiger partial charge in [0.15, 0.2) is 0 Å². The Hall–Kier alpha value is -1.13. The van der Waals surface area contributed by atoms with Gasteiger partial charge in [-0.3, -0.25) is 4.68 Å². The summed E-state index contributed by atoms with van der Waals surface area (Å²) < 4.78 is 1.97. The minimum absolute atomic E-state index is 0.600. The zero-order valence-electron chi connectivity index (χ0n) is 11.4. The summed E-state index contributed by atoms with van der Waals surface area (Å²) in [6, 6.07) is 4.11. The van der Waals surface area contributed by atoms with Crippen LogP contribution in [0.2, 0.25) is 0 Å². The highest BCUT2D eigenvalue weighted by molar-refractivity contribution is 7.10. The second kappa shape index (κ2) is 4.86. The van der Waals surface area contributed by atoms with Crippen molar-refractivity contribution in [3.63, 3.8) is 0 Å². The van der Waals surface area contributed by atoms with Crippen LogP contribution in [-0.2, 0) is 18.6 Å². The van der Waals surface area contributed by atoms with E-state index < -0.39 is 5.60 Å². The van der Waals surface area contributed by atoms with E-state index in [1.54, 1.807) is 11.3 Å². The lowest BCUT2D eigenvalue weighted by molar-refractivity contribution is 0.0586. The summed E-state index contributed by atoms with van der Waals surface area (Å²) in [7, 11) is 0. The maximum absolute atomic E-state index is 10.7. The van der Waals surface area contributed by atoms with Crippen molar-refractivity contribution in [1.82, 2.24) is 9.78 Å². The number of aliphatic hydroxyl groups is 1. The van der Waals surface area contributed by atoms with Crippen LogP contribution in [0.25, 0.3) is 0 Å². The Balaban J connectivity index is 2.30. The molecule has 98 valence electrons. The SMILES string of the molecule is CCn1nc(C)cc1CC(C)(O)c1sccc1C. The zero-order valence-corrected chi connectivity index (χ0v) is 12.2. The predicted octanol–water partition coefficient (Wildman–Crippen LogP) is 3.03. The number of hydrogen-bond donors (Lipinski definition) is 1. The highest BCUT2D eigenvalue weighted by Crippen LogP contribution is 2.32. The molecule has 0 saturated heterocycles. The second-order valence-electron chi connectivity index (χ2n) is 4.98. The van der Waals surface area contributed by atoms with Gasteiger partial charge in [0, 0.05) is 23.5 Å². The average molecular weight is 264 g/mol. The first kappa shape index (κ1) is 13.3. The second-order valence-corrected chi connectivity index (χ2v) is 5.89. The minimum Gasteiger partial charge on any atom is -0.384 e. The molecule has 0 spiro atoms. The van der Waals surface area contributed by atoms with Crippen molar-refractivity contribution in [2.45, 2.75) is 46.3 Å². The van der Waals surface area contributed by atoms with Crippen LogP contribution in [0.3, 0.4) is 0 Å². The molecule has 0 aromatic carbocycles. The van der Waals surface area contributed by atoms with Gasteiger partial charge in [0.05, 0.1) is 5.69 Å². The fourth-order valence-corrected chi connectivity index (χ4v) is 3.36. The molecule has 0 amide bonds. The molecular formula is C14H20N2OS. The molecule has 0 fully saturated rings. The van der Waals surface area contributed by atoms with Crippen LogP contribution >= 0.6 is 11.3 Å². The van der Waals surface area contributed by atoms with Gasteiger partial charge in [0.25, 0.3) is 0 Å². The molecule has 1 atom stereocenters. The topological polar surface area (TPSA) is 38.0 Å². The molecule has 0 aliphatic carbocycles. The Morgan fingerprint density at radius 1 is 1.44 bits per heavy atom. The van der Waals surface area contributed by atoms with Crippen molar-refractivity contribution in [2.75, 3.05) is 0 Å². The third-order valence-electron chi connectivity index (χ3n) is 3.16. The highest BCUT2D eigenvalue weighted by atomic mass is 32.1. The van der Waals surface area contributed by atoms with E-state index in [-0.39, 0.29) is 0 Å². The quantitative estimate of drug-likeness (QED) is 0.921. The van der Waals surface area contributed by atoms with Gasteiger partial charge in [0.1, 0.15) is 5.60 Å². The van der Waals surface area contributed by atoms with Gasteiger partial charge in [-0.2, -0.15) is 5.10 Å². The van der Waals surface area contributed by atoms with Gasteiger partial charge in [0.2, 0.25) is 0 Å². The summed E-state index contributed by atoms with van der Waals surface area (Å²) in [5.41, 5.74) is 2.43. The Morgan fingerprint density at radius 2 is 2.17 bits per heavy atom. The van der Waals surface area contributed by atoms with Crippen LogP contribution < -0.4 is 0 Å². The summed E-state index contributed by atoms with van der Waals surface area (Å²) in [5.74, 6) is 0. The first-order valence-corrected chi connectivity index (χ1v) is 7.12. The van der Waals surface area contributed by atoms with Crippen molar-refractivity contribution in [3.05, 3.63) is 39.3 Å². The van der Waals surface area contributed by atoms with Gasteiger partial charge in [-0.15, -0.1) is 11.3 Å². The van der Waals surface area contributed by atoms with Gasteiger partial charge in [-0.05, 0) is 50.8 Å². The third kappa shape index (κ3) is 2.49. The van der Waals surface area contributed by atoms with E-state index in [4.69, 9.17) is 0 Å². The molecule has 0 radical (unpaired) electrons. The normalized spacial score (nSPS) is 14.7. The lowest BCUT2D eigenvalue weighted by Gasteiger charge is -2.23. The van der Waals surface area contributed by atoms with Gasteiger partial charge in [-0.1, -0.05) is 0 Å². The van der Waals surface area contributed by atoms with Crippen molar-refractivity contribution in [1.29, 1.82) is 0 Å². The summed E-state index contributed by atoms with van der Waals surface area (Å²) in [6.45, 7) is 8.82. The van der Waals surface area contributed by atoms with E-state index >= 15 is 0 Å². The predicted molar refractivity (Wildman–Crippen MR) is 75.0 cm³/mol. The molecule has 3 nitrogen and oxygen atoms in total. The monoisotopic (exact) mass is 264 g/mol. The number of nitrogens with zero attached hydrogens (tertiary/aromatic N) is 2. The van der Waals surface area contributed by atoms with Gasteiger partial charge >= 0.3 is 0 Å². The molecule has 1 N–H and O–H groups in total. The number of rotatable bonds is 4. The first-order chi connectivity index (χ1) is 8.44. The first-order valence-electron chi connectivity index (χ1n) is 6.24. The van der Waals surface area contributed by atoms with E-state index in [0.29, 0.717) is 6.42 Å². The van der Waals surface area contributed by atoms with Crippen molar-refractivity contribution in [3.8, 4) is 0 Å². The Labute approximate surface area is 112 Å². The fourth-order valence-electron chi connectivity index (χ4n) is 2.37. The lowest BCUT2D eigenvalue weighted by atomic mass is 9.95. The standard InChI is InChI=1S/C14H20N2OS/c1-5-16-12(8-11(3)15-16)9-14(4,17)13-10(2)6-7-18-13/h6-8,17H,5,9H2,1-4H3. The molecule has 0 bridgehead atoms. The van der Waals surface area contributed by atoms with Crippen molar-refractivity contribution < 1.29 is 5.11 Å². The van der Waals surface area contributed by atoms with Crippen molar-refractivity contribution in [2.24, 2.45) is 0 Å². The molecule has 2 aromatic heterocycles. The van der Waals surface area contributed by atoms with Crippen LogP contribution in [0.5, 0.6) is 0 Å².